The molecule has 0 radical (unpaired) electrons. The van der Waals surface area contributed by atoms with Gasteiger partial charge >= 0.3 is 12.1 Å². The Hall–Kier alpha value is -3.23. The van der Waals surface area contributed by atoms with Crippen molar-refractivity contribution in [2.75, 3.05) is 13.2 Å². The number of benzene rings is 1. The molecule has 2 amide bonds. The van der Waals surface area contributed by atoms with E-state index in [1.165, 1.54) is 4.68 Å². The highest BCUT2D eigenvalue weighted by Gasteiger charge is 2.19. The molecule has 1 aromatic heterocycles. The van der Waals surface area contributed by atoms with Crippen LogP contribution in [0.2, 0.25) is 0 Å². The molecular formula is C17H19N3O6. The molecule has 9 heteroatoms. The number of esters is 1. The summed E-state index contributed by atoms with van der Waals surface area (Å²) >= 11 is 0. The monoisotopic (exact) mass is 361 g/mol. The molecule has 26 heavy (non-hydrogen) atoms. The van der Waals surface area contributed by atoms with Crippen LogP contribution in [-0.4, -0.2) is 41.0 Å². The average Bonchev–Trinajstić information content (AvgIpc) is 2.62. The zero-order valence-electron chi connectivity index (χ0n) is 14.5. The van der Waals surface area contributed by atoms with E-state index in [0.717, 1.165) is 0 Å². The molecule has 2 rings (SSSR count). The molecule has 0 unspecified atom stereocenters. The smallest absolute Gasteiger partial charge is 0.413 e. The van der Waals surface area contributed by atoms with E-state index < -0.39 is 24.6 Å². The Morgan fingerprint density at radius 3 is 2.46 bits per heavy atom. The lowest BCUT2D eigenvalue weighted by Crippen LogP contribution is -2.35. The Morgan fingerprint density at radius 2 is 1.81 bits per heavy atom. The van der Waals surface area contributed by atoms with Crippen molar-refractivity contribution < 1.29 is 23.9 Å². The predicted octanol–water partition coefficient (Wildman–Crippen LogP) is 1.24. The second kappa shape index (κ2) is 8.75. The van der Waals surface area contributed by atoms with Crippen LogP contribution in [0.3, 0.4) is 0 Å². The van der Waals surface area contributed by atoms with E-state index in [-0.39, 0.29) is 17.9 Å². The number of ether oxygens (including phenoxy) is 2. The number of fused-ring (bicyclic) bond motifs is 1. The van der Waals surface area contributed by atoms with Gasteiger partial charge in [0.15, 0.2) is 12.3 Å². The first-order valence-electron chi connectivity index (χ1n) is 8.11. The van der Waals surface area contributed by atoms with Gasteiger partial charge in [-0.3, -0.25) is 14.9 Å². The number of amides is 2. The van der Waals surface area contributed by atoms with Crippen molar-refractivity contribution in [2.45, 2.75) is 26.8 Å². The third kappa shape index (κ3) is 4.44. The van der Waals surface area contributed by atoms with Crippen molar-refractivity contribution in [3.05, 3.63) is 40.3 Å². The maximum Gasteiger partial charge on any atom is 0.413 e. The van der Waals surface area contributed by atoms with Gasteiger partial charge in [0.05, 0.1) is 12.0 Å². The first-order chi connectivity index (χ1) is 12.5. The number of aryl methyl sites for hydroxylation is 1. The Morgan fingerprint density at radius 1 is 1.12 bits per heavy atom. The highest BCUT2D eigenvalue weighted by atomic mass is 16.6. The molecule has 0 spiro atoms. The van der Waals surface area contributed by atoms with Crippen LogP contribution in [0.15, 0.2) is 29.1 Å². The fourth-order valence-corrected chi connectivity index (χ4v) is 2.27. The van der Waals surface area contributed by atoms with E-state index in [0.29, 0.717) is 23.7 Å². The molecular weight excluding hydrogens is 342 g/mol. The van der Waals surface area contributed by atoms with E-state index in [4.69, 9.17) is 4.74 Å². The van der Waals surface area contributed by atoms with Crippen LogP contribution in [-0.2, 0) is 20.8 Å². The molecule has 0 aliphatic carbocycles. The summed E-state index contributed by atoms with van der Waals surface area (Å²) in [6, 6.07) is 6.52. The van der Waals surface area contributed by atoms with E-state index in [2.05, 4.69) is 9.84 Å². The van der Waals surface area contributed by atoms with Crippen molar-refractivity contribution in [1.82, 2.24) is 15.1 Å². The second-order valence-corrected chi connectivity index (χ2v) is 5.27. The predicted molar refractivity (Wildman–Crippen MR) is 91.7 cm³/mol. The zero-order valence-corrected chi connectivity index (χ0v) is 14.5. The molecule has 0 aliphatic heterocycles. The minimum absolute atomic E-state index is 0.0717. The van der Waals surface area contributed by atoms with Gasteiger partial charge in [-0.25, -0.2) is 14.3 Å². The average molecular weight is 361 g/mol. The largest absolute Gasteiger partial charge is 0.451 e. The number of alkyl carbamates (subject to hydrolysis) is 1. The van der Waals surface area contributed by atoms with E-state index >= 15 is 0 Å². The molecule has 0 aliphatic rings. The van der Waals surface area contributed by atoms with Gasteiger partial charge in [0.1, 0.15) is 0 Å². The molecule has 0 bridgehead atoms. The number of rotatable bonds is 6. The molecule has 0 saturated carbocycles. The fraction of sp³-hybridized carbons (Fsp3) is 0.353. The number of hydrogen-bond donors (Lipinski definition) is 1. The van der Waals surface area contributed by atoms with Crippen LogP contribution in [0.1, 0.15) is 30.8 Å². The minimum atomic E-state index is -0.923. The summed E-state index contributed by atoms with van der Waals surface area (Å²) in [5, 5.41) is 6.64. The summed E-state index contributed by atoms with van der Waals surface area (Å²) in [5.74, 6) is -1.70. The lowest BCUT2D eigenvalue weighted by molar-refractivity contribution is -0.123. The first kappa shape index (κ1) is 19.1. The standard InChI is InChI=1S/C17H19N3O6/c1-3-9-20-15(22)12-8-6-5-7-11(12)14(19-20)16(23)26-10-13(21)18-17(24)25-4-2/h5-8H,3-4,9-10H2,1-2H3,(H,18,21,24). The van der Waals surface area contributed by atoms with E-state index in [9.17, 15) is 19.2 Å². The summed E-state index contributed by atoms with van der Waals surface area (Å²) < 4.78 is 10.7. The Bertz CT molecular complexity index is 890. The number of imide groups is 1. The van der Waals surface area contributed by atoms with Crippen molar-refractivity contribution >= 4 is 28.7 Å². The van der Waals surface area contributed by atoms with Crippen LogP contribution in [0, 0.1) is 0 Å². The van der Waals surface area contributed by atoms with Crippen LogP contribution < -0.4 is 10.9 Å². The Kier molecular flexibility index (Phi) is 6.42. The number of aromatic nitrogens is 2. The molecule has 138 valence electrons. The van der Waals surface area contributed by atoms with Gasteiger partial charge in [-0.1, -0.05) is 25.1 Å². The van der Waals surface area contributed by atoms with Gasteiger partial charge in [0, 0.05) is 11.9 Å². The Balaban J connectivity index is 2.22. The first-order valence-corrected chi connectivity index (χ1v) is 8.11. The molecule has 0 fully saturated rings. The van der Waals surface area contributed by atoms with E-state index in [1.807, 2.05) is 12.2 Å². The van der Waals surface area contributed by atoms with Gasteiger partial charge in [0.2, 0.25) is 0 Å². The van der Waals surface area contributed by atoms with Crippen LogP contribution in [0.5, 0.6) is 0 Å². The van der Waals surface area contributed by atoms with Crippen molar-refractivity contribution in [3.8, 4) is 0 Å². The summed E-state index contributed by atoms with van der Waals surface area (Å²) in [7, 11) is 0. The number of nitrogens with zero attached hydrogens (tertiary/aromatic N) is 2. The van der Waals surface area contributed by atoms with Gasteiger partial charge in [-0.05, 0) is 19.4 Å². The van der Waals surface area contributed by atoms with Crippen LogP contribution in [0.25, 0.3) is 10.8 Å². The molecule has 1 heterocycles. The van der Waals surface area contributed by atoms with Gasteiger partial charge < -0.3 is 9.47 Å². The minimum Gasteiger partial charge on any atom is -0.451 e. The normalized spacial score (nSPS) is 10.4. The molecule has 9 nitrogen and oxygen atoms in total. The SMILES string of the molecule is CCCn1nc(C(=O)OCC(=O)NC(=O)OCC)c2ccccc2c1=O. The van der Waals surface area contributed by atoms with Gasteiger partial charge in [0.25, 0.3) is 11.5 Å². The summed E-state index contributed by atoms with van der Waals surface area (Å²) in [6.45, 7) is 3.23. The zero-order chi connectivity index (χ0) is 19.1. The lowest BCUT2D eigenvalue weighted by atomic mass is 10.1. The molecule has 0 saturated heterocycles. The van der Waals surface area contributed by atoms with Gasteiger partial charge in [-0.2, -0.15) is 5.10 Å². The van der Waals surface area contributed by atoms with Crippen molar-refractivity contribution in [1.29, 1.82) is 0 Å². The second-order valence-electron chi connectivity index (χ2n) is 5.27. The third-order valence-corrected chi connectivity index (χ3v) is 3.35. The highest BCUT2D eigenvalue weighted by Crippen LogP contribution is 2.14. The van der Waals surface area contributed by atoms with Crippen LogP contribution >= 0.6 is 0 Å². The number of carbonyl (C=O) groups excluding carboxylic acids is 3. The quantitative estimate of drug-likeness (QED) is 0.769. The molecule has 2 aromatic rings. The summed E-state index contributed by atoms with van der Waals surface area (Å²) in [4.78, 5) is 47.5. The molecule has 1 N–H and O–H groups in total. The number of hydrogen-bond acceptors (Lipinski definition) is 7. The van der Waals surface area contributed by atoms with Crippen molar-refractivity contribution in [2.24, 2.45) is 0 Å². The van der Waals surface area contributed by atoms with E-state index in [1.54, 1.807) is 31.2 Å². The number of nitrogens with one attached hydrogen (secondary N) is 1. The lowest BCUT2D eigenvalue weighted by Gasteiger charge is -2.10. The highest BCUT2D eigenvalue weighted by molar-refractivity contribution is 6.03. The van der Waals surface area contributed by atoms with Crippen LogP contribution in [0.4, 0.5) is 4.79 Å². The Labute approximate surface area is 148 Å². The van der Waals surface area contributed by atoms with Gasteiger partial charge in [-0.15, -0.1) is 0 Å². The molecule has 0 atom stereocenters. The fourth-order valence-electron chi connectivity index (χ4n) is 2.27. The molecule has 1 aromatic carbocycles. The summed E-state index contributed by atoms with van der Waals surface area (Å²) in [6.07, 6.45) is -0.268. The number of carbonyl (C=O) groups is 3. The van der Waals surface area contributed by atoms with Crippen molar-refractivity contribution in [3.63, 3.8) is 0 Å². The topological polar surface area (TPSA) is 117 Å². The summed E-state index contributed by atoms with van der Waals surface area (Å²) in [5.41, 5.74) is -0.378. The third-order valence-electron chi connectivity index (χ3n) is 3.35. The maximum absolute atomic E-state index is 12.4. The maximum atomic E-state index is 12.4.